The Morgan fingerprint density at radius 3 is 2.57 bits per heavy atom. The number of fused-ring (bicyclic) bond motifs is 1. The number of esters is 1. The van der Waals surface area contributed by atoms with E-state index in [0.717, 1.165) is 10.8 Å². The van der Waals surface area contributed by atoms with Crippen molar-refractivity contribution in [3.05, 3.63) is 71.5 Å². The lowest BCUT2D eigenvalue weighted by Gasteiger charge is -2.07. The van der Waals surface area contributed by atoms with Crippen LogP contribution in [0.25, 0.3) is 10.8 Å². The van der Waals surface area contributed by atoms with Crippen molar-refractivity contribution >= 4 is 16.7 Å². The summed E-state index contributed by atoms with van der Waals surface area (Å²) in [4.78, 5) is 12.2. The summed E-state index contributed by atoms with van der Waals surface area (Å²) >= 11 is 0. The largest absolute Gasteiger partial charge is 0.427 e. The molecule has 2 aromatic rings. The topological polar surface area (TPSA) is 26.3 Å². The molecule has 108 valence electrons. The van der Waals surface area contributed by atoms with E-state index in [9.17, 15) is 4.79 Å². The SMILES string of the molecule is C/C=C\C=C(/CC)OC(=O)c1ccc2cc(C)ccc2c1. The number of benzene rings is 2. The number of ether oxygens (including phenoxy) is 1. The third kappa shape index (κ3) is 3.82. The lowest BCUT2D eigenvalue weighted by molar-refractivity contribution is 0.0616. The second-order valence-corrected chi connectivity index (χ2v) is 4.97. The normalized spacial score (nSPS) is 12.0. The van der Waals surface area contributed by atoms with E-state index >= 15 is 0 Å². The molecule has 0 saturated carbocycles. The maximum Gasteiger partial charge on any atom is 0.343 e. The molecule has 21 heavy (non-hydrogen) atoms. The van der Waals surface area contributed by atoms with Gasteiger partial charge in [0.05, 0.1) is 5.56 Å². The summed E-state index contributed by atoms with van der Waals surface area (Å²) in [5.74, 6) is 0.359. The number of hydrogen-bond donors (Lipinski definition) is 0. The predicted octanol–water partition coefficient (Wildman–Crippen LogP) is 5.18. The smallest absolute Gasteiger partial charge is 0.343 e. The highest BCUT2D eigenvalue weighted by Crippen LogP contribution is 2.19. The molecule has 0 heterocycles. The number of rotatable bonds is 4. The van der Waals surface area contributed by atoms with Crippen LogP contribution in [0, 0.1) is 6.92 Å². The first-order chi connectivity index (χ1) is 10.1. The van der Waals surface area contributed by atoms with Gasteiger partial charge in [0.25, 0.3) is 0 Å². The minimum atomic E-state index is -0.310. The fraction of sp³-hybridized carbons (Fsp3) is 0.211. The van der Waals surface area contributed by atoms with Gasteiger partial charge in [0.15, 0.2) is 0 Å². The Morgan fingerprint density at radius 2 is 1.86 bits per heavy atom. The molecule has 2 heteroatoms. The zero-order valence-corrected chi connectivity index (χ0v) is 12.7. The highest BCUT2D eigenvalue weighted by molar-refractivity contribution is 5.96. The van der Waals surface area contributed by atoms with Gasteiger partial charge in [-0.25, -0.2) is 4.79 Å². The van der Waals surface area contributed by atoms with Crippen molar-refractivity contribution in [3.8, 4) is 0 Å². The molecule has 0 atom stereocenters. The van der Waals surface area contributed by atoms with Crippen LogP contribution in [0.4, 0.5) is 0 Å². The van der Waals surface area contributed by atoms with Gasteiger partial charge in [-0.3, -0.25) is 0 Å². The molecule has 0 bridgehead atoms. The van der Waals surface area contributed by atoms with Gasteiger partial charge < -0.3 is 4.74 Å². The van der Waals surface area contributed by atoms with Crippen molar-refractivity contribution < 1.29 is 9.53 Å². The summed E-state index contributed by atoms with van der Waals surface area (Å²) in [5.41, 5.74) is 1.78. The number of aryl methyl sites for hydroxylation is 1. The monoisotopic (exact) mass is 280 g/mol. The molecule has 2 rings (SSSR count). The first-order valence-corrected chi connectivity index (χ1v) is 7.18. The molecule has 0 saturated heterocycles. The van der Waals surface area contributed by atoms with E-state index in [4.69, 9.17) is 4.74 Å². The van der Waals surface area contributed by atoms with Crippen molar-refractivity contribution in [3.63, 3.8) is 0 Å². The Kier molecular flexibility index (Phi) is 4.94. The van der Waals surface area contributed by atoms with E-state index in [-0.39, 0.29) is 5.97 Å². The van der Waals surface area contributed by atoms with E-state index in [1.165, 1.54) is 5.56 Å². The molecule has 2 aromatic carbocycles. The molecule has 0 N–H and O–H groups in total. The average Bonchev–Trinajstić information content (AvgIpc) is 2.50. The lowest BCUT2D eigenvalue weighted by Crippen LogP contribution is -2.04. The van der Waals surface area contributed by atoms with Gasteiger partial charge in [-0.1, -0.05) is 48.9 Å². The van der Waals surface area contributed by atoms with E-state index in [2.05, 4.69) is 13.0 Å². The summed E-state index contributed by atoms with van der Waals surface area (Å²) in [7, 11) is 0. The molecule has 0 radical (unpaired) electrons. The third-order valence-electron chi connectivity index (χ3n) is 3.28. The fourth-order valence-corrected chi connectivity index (χ4v) is 2.10. The van der Waals surface area contributed by atoms with Crippen molar-refractivity contribution in [1.82, 2.24) is 0 Å². The summed E-state index contributed by atoms with van der Waals surface area (Å²) in [6.45, 7) is 5.95. The van der Waals surface area contributed by atoms with E-state index < -0.39 is 0 Å². The number of allylic oxidation sites excluding steroid dienone is 4. The van der Waals surface area contributed by atoms with Crippen LogP contribution in [0.2, 0.25) is 0 Å². The molecule has 2 nitrogen and oxygen atoms in total. The van der Waals surface area contributed by atoms with Gasteiger partial charge in [-0.2, -0.15) is 0 Å². The minimum absolute atomic E-state index is 0.310. The van der Waals surface area contributed by atoms with Gasteiger partial charge in [0.2, 0.25) is 0 Å². The molecule has 0 aromatic heterocycles. The van der Waals surface area contributed by atoms with Gasteiger partial charge >= 0.3 is 5.97 Å². The molecular formula is C19H20O2. The van der Waals surface area contributed by atoms with Gasteiger partial charge in [-0.05, 0) is 42.8 Å². The molecule has 0 aliphatic rings. The lowest BCUT2D eigenvalue weighted by atomic mass is 10.0. The van der Waals surface area contributed by atoms with Crippen LogP contribution in [-0.4, -0.2) is 5.97 Å². The van der Waals surface area contributed by atoms with Crippen molar-refractivity contribution in [2.45, 2.75) is 27.2 Å². The van der Waals surface area contributed by atoms with Gasteiger partial charge in [-0.15, -0.1) is 0 Å². The Balaban J connectivity index is 2.25. The van der Waals surface area contributed by atoms with Gasteiger partial charge in [0, 0.05) is 6.42 Å². The standard InChI is InChI=1S/C19H20O2/c1-4-6-7-18(5-2)21-19(20)17-11-10-15-12-14(3)8-9-16(15)13-17/h4,6-13H,5H2,1-3H3/b6-4-,18-7+. The fourth-order valence-electron chi connectivity index (χ4n) is 2.10. The third-order valence-corrected chi connectivity index (χ3v) is 3.28. The molecule has 0 fully saturated rings. The molecular weight excluding hydrogens is 260 g/mol. The first-order valence-electron chi connectivity index (χ1n) is 7.18. The van der Waals surface area contributed by atoms with Crippen LogP contribution in [0.15, 0.2) is 60.4 Å². The Labute approximate surface area is 125 Å². The zero-order chi connectivity index (χ0) is 15.2. The van der Waals surface area contributed by atoms with Crippen LogP contribution in [-0.2, 0) is 4.74 Å². The molecule has 0 spiro atoms. The van der Waals surface area contributed by atoms with Crippen LogP contribution < -0.4 is 0 Å². The second kappa shape index (κ2) is 6.89. The number of carbonyl (C=O) groups is 1. The Hall–Kier alpha value is -2.35. The number of carbonyl (C=O) groups excluding carboxylic acids is 1. The Morgan fingerprint density at radius 1 is 1.14 bits per heavy atom. The Bertz CT molecular complexity index is 709. The van der Waals surface area contributed by atoms with E-state index in [1.54, 1.807) is 0 Å². The molecule has 0 amide bonds. The van der Waals surface area contributed by atoms with Crippen molar-refractivity contribution in [2.75, 3.05) is 0 Å². The summed E-state index contributed by atoms with van der Waals surface area (Å²) in [5, 5.41) is 2.18. The van der Waals surface area contributed by atoms with Crippen LogP contribution in [0.3, 0.4) is 0 Å². The molecule has 0 aliphatic carbocycles. The summed E-state index contributed by atoms with van der Waals surface area (Å²) in [6, 6.07) is 11.8. The van der Waals surface area contributed by atoms with Crippen molar-refractivity contribution in [2.24, 2.45) is 0 Å². The highest BCUT2D eigenvalue weighted by atomic mass is 16.5. The minimum Gasteiger partial charge on any atom is -0.427 e. The maximum atomic E-state index is 12.2. The quantitative estimate of drug-likeness (QED) is 0.438. The summed E-state index contributed by atoms with van der Waals surface area (Å²) in [6.07, 6.45) is 6.28. The average molecular weight is 280 g/mol. The summed E-state index contributed by atoms with van der Waals surface area (Å²) < 4.78 is 5.43. The second-order valence-electron chi connectivity index (χ2n) is 4.97. The molecule has 0 unspecified atom stereocenters. The highest BCUT2D eigenvalue weighted by Gasteiger charge is 2.10. The maximum absolute atomic E-state index is 12.2. The van der Waals surface area contributed by atoms with Crippen LogP contribution >= 0.6 is 0 Å². The van der Waals surface area contributed by atoms with Crippen LogP contribution in [0.5, 0.6) is 0 Å². The predicted molar refractivity (Wildman–Crippen MR) is 87.3 cm³/mol. The van der Waals surface area contributed by atoms with Crippen molar-refractivity contribution in [1.29, 1.82) is 0 Å². The van der Waals surface area contributed by atoms with Crippen LogP contribution in [0.1, 0.15) is 36.2 Å². The first kappa shape index (κ1) is 15.0. The van der Waals surface area contributed by atoms with E-state index in [0.29, 0.717) is 17.7 Å². The van der Waals surface area contributed by atoms with Gasteiger partial charge in [0.1, 0.15) is 5.76 Å². The van der Waals surface area contributed by atoms with E-state index in [1.807, 2.05) is 62.4 Å². The molecule has 0 aliphatic heterocycles. The number of hydrogen-bond acceptors (Lipinski definition) is 2. The zero-order valence-electron chi connectivity index (χ0n) is 12.7.